The monoisotopic (exact) mass is 279 g/mol. The van der Waals surface area contributed by atoms with E-state index in [2.05, 4.69) is 0 Å². The quantitative estimate of drug-likeness (QED) is 0.724. The average Bonchev–Trinajstić information content (AvgIpc) is 2.87. The number of amides is 1. The van der Waals surface area contributed by atoms with Crippen LogP contribution in [0.1, 0.15) is 29.6 Å². The number of carbonyl (C=O) groups excluding carboxylic acids is 1. The number of carboxylic acid groups (broad SMARTS) is 1. The predicted octanol–water partition coefficient (Wildman–Crippen LogP) is 1.42. The Hall–Kier alpha value is -2.24. The molecule has 0 radical (unpaired) electrons. The molecule has 20 heavy (non-hydrogen) atoms. The SMILES string of the molecule is O=C(O)CCC1CCN(C(=O)c2cccc(O)c2O)C1. The van der Waals surface area contributed by atoms with Gasteiger partial charge in [0.2, 0.25) is 0 Å². The van der Waals surface area contributed by atoms with E-state index < -0.39 is 11.7 Å². The van der Waals surface area contributed by atoms with Gasteiger partial charge in [0, 0.05) is 19.5 Å². The van der Waals surface area contributed by atoms with Crippen molar-refractivity contribution in [3.63, 3.8) is 0 Å². The first kappa shape index (κ1) is 14.2. The number of nitrogens with zero attached hydrogens (tertiary/aromatic N) is 1. The van der Waals surface area contributed by atoms with Gasteiger partial charge in [0.15, 0.2) is 11.5 Å². The average molecular weight is 279 g/mol. The Labute approximate surface area is 116 Å². The summed E-state index contributed by atoms with van der Waals surface area (Å²) in [5.41, 5.74) is 0.0730. The first-order valence-corrected chi connectivity index (χ1v) is 6.51. The van der Waals surface area contributed by atoms with Crippen molar-refractivity contribution >= 4 is 11.9 Å². The fraction of sp³-hybridized carbons (Fsp3) is 0.429. The Balaban J connectivity index is 2.01. The van der Waals surface area contributed by atoms with Crippen LogP contribution < -0.4 is 0 Å². The molecule has 1 aromatic rings. The zero-order chi connectivity index (χ0) is 14.7. The number of likely N-dealkylation sites (tertiary alicyclic amines) is 1. The molecule has 1 atom stereocenters. The Morgan fingerprint density at radius 3 is 2.75 bits per heavy atom. The fourth-order valence-electron chi connectivity index (χ4n) is 2.45. The van der Waals surface area contributed by atoms with Crippen LogP contribution in [0.15, 0.2) is 18.2 Å². The van der Waals surface area contributed by atoms with Crippen LogP contribution in [-0.2, 0) is 4.79 Å². The van der Waals surface area contributed by atoms with Gasteiger partial charge in [-0.15, -0.1) is 0 Å². The van der Waals surface area contributed by atoms with Crippen molar-refractivity contribution in [2.45, 2.75) is 19.3 Å². The van der Waals surface area contributed by atoms with Gasteiger partial charge in [-0.25, -0.2) is 0 Å². The third-order valence-electron chi connectivity index (χ3n) is 3.58. The molecule has 1 aliphatic rings. The number of aromatic hydroxyl groups is 2. The largest absolute Gasteiger partial charge is 0.504 e. The molecule has 6 nitrogen and oxygen atoms in total. The molecular formula is C14H17NO5. The van der Waals surface area contributed by atoms with Crippen LogP contribution in [0.4, 0.5) is 0 Å². The van der Waals surface area contributed by atoms with E-state index in [0.717, 1.165) is 6.42 Å². The van der Waals surface area contributed by atoms with E-state index in [-0.39, 0.29) is 29.6 Å². The Kier molecular flexibility index (Phi) is 4.12. The van der Waals surface area contributed by atoms with Crippen molar-refractivity contribution in [2.75, 3.05) is 13.1 Å². The summed E-state index contributed by atoms with van der Waals surface area (Å²) < 4.78 is 0. The molecule has 0 bridgehead atoms. The zero-order valence-corrected chi connectivity index (χ0v) is 11.0. The fourth-order valence-corrected chi connectivity index (χ4v) is 2.45. The Morgan fingerprint density at radius 1 is 1.30 bits per heavy atom. The second-order valence-corrected chi connectivity index (χ2v) is 5.01. The minimum atomic E-state index is -0.833. The maximum Gasteiger partial charge on any atom is 0.303 e. The number of phenolic OH excluding ortho intramolecular Hbond substituents is 2. The molecule has 0 aromatic heterocycles. The van der Waals surface area contributed by atoms with Crippen molar-refractivity contribution in [3.8, 4) is 11.5 Å². The molecule has 1 saturated heterocycles. The lowest BCUT2D eigenvalue weighted by atomic mass is 10.0. The second kappa shape index (κ2) is 5.81. The predicted molar refractivity (Wildman–Crippen MR) is 70.7 cm³/mol. The molecule has 108 valence electrons. The van der Waals surface area contributed by atoms with Gasteiger partial charge in [-0.2, -0.15) is 0 Å². The number of benzene rings is 1. The van der Waals surface area contributed by atoms with Crippen molar-refractivity contribution in [1.29, 1.82) is 0 Å². The summed E-state index contributed by atoms with van der Waals surface area (Å²) in [5, 5.41) is 27.8. The number of phenols is 2. The number of carboxylic acids is 1. The van der Waals surface area contributed by atoms with Crippen LogP contribution in [0.25, 0.3) is 0 Å². The Bertz CT molecular complexity index is 528. The summed E-state index contributed by atoms with van der Waals surface area (Å²) >= 11 is 0. The first-order chi connectivity index (χ1) is 9.49. The van der Waals surface area contributed by atoms with Gasteiger partial charge in [-0.05, 0) is 30.9 Å². The molecular weight excluding hydrogens is 262 g/mol. The smallest absolute Gasteiger partial charge is 0.303 e. The van der Waals surface area contributed by atoms with Gasteiger partial charge >= 0.3 is 5.97 Å². The van der Waals surface area contributed by atoms with Gasteiger partial charge in [0.05, 0.1) is 5.56 Å². The minimum Gasteiger partial charge on any atom is -0.504 e. The molecule has 1 aliphatic heterocycles. The zero-order valence-electron chi connectivity index (χ0n) is 11.0. The number of aliphatic carboxylic acids is 1. The minimum absolute atomic E-state index is 0.0730. The number of hydrogen-bond acceptors (Lipinski definition) is 4. The molecule has 1 heterocycles. The second-order valence-electron chi connectivity index (χ2n) is 5.01. The highest BCUT2D eigenvalue weighted by molar-refractivity contribution is 5.97. The van der Waals surface area contributed by atoms with Gasteiger partial charge in [0.1, 0.15) is 0 Å². The van der Waals surface area contributed by atoms with E-state index in [0.29, 0.717) is 19.5 Å². The van der Waals surface area contributed by atoms with Crippen molar-refractivity contribution < 1.29 is 24.9 Å². The van der Waals surface area contributed by atoms with Gasteiger partial charge < -0.3 is 20.2 Å². The maximum absolute atomic E-state index is 12.2. The maximum atomic E-state index is 12.2. The summed E-state index contributed by atoms with van der Waals surface area (Å²) in [7, 11) is 0. The summed E-state index contributed by atoms with van der Waals surface area (Å²) in [6, 6.07) is 4.27. The van der Waals surface area contributed by atoms with E-state index in [4.69, 9.17) is 5.11 Å². The van der Waals surface area contributed by atoms with E-state index in [1.54, 1.807) is 4.90 Å². The van der Waals surface area contributed by atoms with Crippen LogP contribution in [0.5, 0.6) is 11.5 Å². The highest BCUT2D eigenvalue weighted by atomic mass is 16.4. The van der Waals surface area contributed by atoms with Gasteiger partial charge in [-0.1, -0.05) is 6.07 Å². The van der Waals surface area contributed by atoms with Crippen LogP contribution >= 0.6 is 0 Å². The number of hydrogen-bond donors (Lipinski definition) is 3. The van der Waals surface area contributed by atoms with E-state index in [1.807, 2.05) is 0 Å². The standard InChI is InChI=1S/C14H17NO5/c16-11-3-1-2-10(13(11)19)14(20)15-7-6-9(8-15)4-5-12(17)18/h1-3,9,16,19H,4-8H2,(H,17,18). The van der Waals surface area contributed by atoms with E-state index >= 15 is 0 Å². The lowest BCUT2D eigenvalue weighted by molar-refractivity contribution is -0.137. The number of para-hydroxylation sites is 1. The van der Waals surface area contributed by atoms with Crippen molar-refractivity contribution in [3.05, 3.63) is 23.8 Å². The van der Waals surface area contributed by atoms with Crippen LogP contribution in [0.2, 0.25) is 0 Å². The number of rotatable bonds is 4. The van der Waals surface area contributed by atoms with Gasteiger partial charge in [-0.3, -0.25) is 9.59 Å². The highest BCUT2D eigenvalue weighted by Gasteiger charge is 2.28. The molecule has 1 aromatic carbocycles. The molecule has 1 fully saturated rings. The molecule has 0 spiro atoms. The third-order valence-corrected chi connectivity index (χ3v) is 3.58. The van der Waals surface area contributed by atoms with E-state index in [9.17, 15) is 19.8 Å². The summed E-state index contributed by atoms with van der Waals surface area (Å²) in [6.07, 6.45) is 1.41. The van der Waals surface area contributed by atoms with E-state index in [1.165, 1.54) is 18.2 Å². The molecule has 6 heteroatoms. The lowest BCUT2D eigenvalue weighted by Gasteiger charge is -2.17. The molecule has 3 N–H and O–H groups in total. The number of carbonyl (C=O) groups is 2. The first-order valence-electron chi connectivity index (χ1n) is 6.51. The third kappa shape index (κ3) is 3.01. The van der Waals surface area contributed by atoms with Crippen LogP contribution in [0, 0.1) is 5.92 Å². The van der Waals surface area contributed by atoms with Crippen molar-refractivity contribution in [1.82, 2.24) is 4.90 Å². The summed E-state index contributed by atoms with van der Waals surface area (Å²) in [6.45, 7) is 1.03. The molecule has 1 amide bonds. The van der Waals surface area contributed by atoms with Crippen LogP contribution in [0.3, 0.4) is 0 Å². The normalized spacial score (nSPS) is 18.2. The Morgan fingerprint density at radius 2 is 2.05 bits per heavy atom. The van der Waals surface area contributed by atoms with Gasteiger partial charge in [0.25, 0.3) is 5.91 Å². The van der Waals surface area contributed by atoms with Crippen molar-refractivity contribution in [2.24, 2.45) is 5.92 Å². The van der Waals surface area contributed by atoms with Crippen LogP contribution in [-0.4, -0.2) is 45.2 Å². The topological polar surface area (TPSA) is 98.1 Å². The molecule has 2 rings (SSSR count). The summed E-state index contributed by atoms with van der Waals surface area (Å²) in [4.78, 5) is 24.4. The summed E-state index contributed by atoms with van der Waals surface area (Å²) in [5.74, 6) is -1.73. The molecule has 1 unspecified atom stereocenters. The highest BCUT2D eigenvalue weighted by Crippen LogP contribution is 2.31. The lowest BCUT2D eigenvalue weighted by Crippen LogP contribution is -2.28. The molecule has 0 saturated carbocycles. The molecule has 0 aliphatic carbocycles.